The van der Waals surface area contributed by atoms with Crippen molar-refractivity contribution in [2.75, 3.05) is 33.8 Å². The summed E-state index contributed by atoms with van der Waals surface area (Å²) in [6, 6.07) is 1.98. The Labute approximate surface area is 164 Å². The summed E-state index contributed by atoms with van der Waals surface area (Å²) in [7, 11) is 5.58. The van der Waals surface area contributed by atoms with E-state index in [-0.39, 0.29) is 17.4 Å². The topological polar surface area (TPSA) is 89.5 Å². The molecule has 2 aromatic rings. The van der Waals surface area contributed by atoms with E-state index in [1.54, 1.807) is 11.8 Å². The monoisotopic (exact) mass is 388 g/mol. The molecule has 2 aliphatic heterocycles. The van der Waals surface area contributed by atoms with Crippen molar-refractivity contribution in [2.24, 2.45) is 12.5 Å². The third kappa shape index (κ3) is 3.44. The first-order valence-electron chi connectivity index (χ1n) is 9.72. The fraction of sp³-hybridized carbons (Fsp3) is 0.684. The van der Waals surface area contributed by atoms with Gasteiger partial charge in [0.2, 0.25) is 11.8 Å². The van der Waals surface area contributed by atoms with Crippen LogP contribution in [0.4, 0.5) is 0 Å². The Morgan fingerprint density at radius 3 is 2.71 bits per heavy atom. The predicted molar refractivity (Wildman–Crippen MR) is 101 cm³/mol. The van der Waals surface area contributed by atoms with E-state index in [0.717, 1.165) is 44.6 Å². The van der Waals surface area contributed by atoms with Crippen molar-refractivity contribution >= 4 is 5.91 Å². The van der Waals surface area contributed by atoms with Crippen LogP contribution in [0.3, 0.4) is 0 Å². The third-order valence-electron chi connectivity index (χ3n) is 6.22. The number of hydrogen-bond acceptors (Lipinski definition) is 7. The van der Waals surface area contributed by atoms with Gasteiger partial charge in [0.1, 0.15) is 6.61 Å². The Balaban J connectivity index is 1.40. The largest absolute Gasteiger partial charge is 0.421 e. The summed E-state index contributed by atoms with van der Waals surface area (Å²) in [4.78, 5) is 17.0. The van der Waals surface area contributed by atoms with Gasteiger partial charge < -0.3 is 14.1 Å². The molecule has 2 aromatic heterocycles. The first-order chi connectivity index (χ1) is 13.4. The lowest BCUT2D eigenvalue weighted by Crippen LogP contribution is -2.44. The van der Waals surface area contributed by atoms with Crippen molar-refractivity contribution in [3.8, 4) is 0 Å². The predicted octanol–water partition coefficient (Wildman–Crippen LogP) is 1.56. The smallest absolute Gasteiger partial charge is 0.274 e. The van der Waals surface area contributed by atoms with Gasteiger partial charge in [-0.25, -0.2) is 0 Å². The van der Waals surface area contributed by atoms with Crippen LogP contribution in [0.2, 0.25) is 0 Å². The summed E-state index contributed by atoms with van der Waals surface area (Å²) in [5.74, 6) is 1.20. The lowest BCUT2D eigenvalue weighted by molar-refractivity contribution is 0.0586. The first-order valence-corrected chi connectivity index (χ1v) is 9.72. The quantitative estimate of drug-likeness (QED) is 0.785. The lowest BCUT2D eigenvalue weighted by Gasteiger charge is -2.39. The fourth-order valence-electron chi connectivity index (χ4n) is 4.50. The average Bonchev–Trinajstić information content (AvgIpc) is 3.35. The third-order valence-corrected chi connectivity index (χ3v) is 6.22. The number of methoxy groups -OCH3 is 1. The van der Waals surface area contributed by atoms with E-state index in [2.05, 4.69) is 27.2 Å². The Morgan fingerprint density at radius 2 is 2.07 bits per heavy atom. The fourth-order valence-corrected chi connectivity index (χ4v) is 4.50. The van der Waals surface area contributed by atoms with E-state index < -0.39 is 0 Å². The molecule has 2 saturated heterocycles. The van der Waals surface area contributed by atoms with Gasteiger partial charge in [0.05, 0.1) is 6.04 Å². The maximum atomic E-state index is 12.8. The number of ether oxygens (including phenoxy) is 1. The van der Waals surface area contributed by atoms with Crippen molar-refractivity contribution < 1.29 is 13.9 Å². The molecule has 152 valence electrons. The van der Waals surface area contributed by atoms with Crippen molar-refractivity contribution in [2.45, 2.75) is 38.8 Å². The van der Waals surface area contributed by atoms with Crippen LogP contribution in [0.25, 0.3) is 0 Å². The zero-order valence-corrected chi connectivity index (χ0v) is 17.0. The molecule has 0 N–H and O–H groups in total. The molecule has 0 bridgehead atoms. The second-order valence-corrected chi connectivity index (χ2v) is 8.19. The molecule has 0 aromatic carbocycles. The lowest BCUT2D eigenvalue weighted by atomic mass is 9.76. The minimum absolute atomic E-state index is 0.0301. The number of aryl methyl sites for hydroxylation is 2. The van der Waals surface area contributed by atoms with Crippen LogP contribution in [0.1, 0.15) is 53.3 Å². The van der Waals surface area contributed by atoms with Gasteiger partial charge in [-0.05, 0) is 44.7 Å². The molecule has 1 atom stereocenters. The summed E-state index contributed by atoms with van der Waals surface area (Å²) in [6.45, 7) is 4.78. The number of carbonyl (C=O) groups excluding carboxylic acids is 1. The summed E-state index contributed by atoms with van der Waals surface area (Å²) in [5, 5.41) is 12.6. The number of likely N-dealkylation sites (tertiary alicyclic amines) is 2. The van der Waals surface area contributed by atoms with Crippen molar-refractivity contribution in [3.05, 3.63) is 29.2 Å². The van der Waals surface area contributed by atoms with Gasteiger partial charge >= 0.3 is 0 Å². The summed E-state index contributed by atoms with van der Waals surface area (Å²) in [6.07, 6.45) is 2.93. The zero-order valence-electron chi connectivity index (χ0n) is 17.0. The maximum Gasteiger partial charge on any atom is 0.274 e. The van der Waals surface area contributed by atoms with Gasteiger partial charge in [-0.3, -0.25) is 14.4 Å². The Bertz CT molecular complexity index is 832. The highest BCUT2D eigenvalue weighted by molar-refractivity contribution is 5.92. The van der Waals surface area contributed by atoms with Gasteiger partial charge in [0.15, 0.2) is 5.69 Å². The average molecular weight is 388 g/mol. The Hall–Kier alpha value is -2.26. The van der Waals surface area contributed by atoms with E-state index in [1.165, 1.54) is 0 Å². The molecule has 9 nitrogen and oxygen atoms in total. The zero-order chi connectivity index (χ0) is 19.9. The molecule has 1 spiro atoms. The van der Waals surface area contributed by atoms with Gasteiger partial charge in [0.25, 0.3) is 5.91 Å². The molecule has 0 aliphatic carbocycles. The van der Waals surface area contributed by atoms with Crippen LogP contribution < -0.4 is 0 Å². The molecule has 1 unspecified atom stereocenters. The van der Waals surface area contributed by atoms with Crippen LogP contribution in [-0.2, 0) is 18.4 Å². The number of amides is 1. The molecule has 2 aliphatic rings. The number of hydrogen-bond donors (Lipinski definition) is 0. The van der Waals surface area contributed by atoms with Crippen molar-refractivity contribution in [1.82, 2.24) is 29.8 Å². The van der Waals surface area contributed by atoms with Crippen molar-refractivity contribution in [3.63, 3.8) is 0 Å². The first kappa shape index (κ1) is 19.1. The number of rotatable bonds is 4. The summed E-state index contributed by atoms with van der Waals surface area (Å²) >= 11 is 0. The molecule has 4 heterocycles. The minimum atomic E-state index is 0.0301. The van der Waals surface area contributed by atoms with E-state index in [0.29, 0.717) is 24.1 Å². The van der Waals surface area contributed by atoms with Crippen LogP contribution in [-0.4, -0.2) is 69.5 Å². The van der Waals surface area contributed by atoms with Crippen LogP contribution >= 0.6 is 0 Å². The standard InChI is InChI=1S/C19H28N6O3/c1-13-9-14(22-24(13)3)18(26)25-7-5-19(6-8-25)10-15(23(2)12-19)17-21-20-16(28-17)11-27-4/h9,15H,5-8,10-12H2,1-4H3. The minimum Gasteiger partial charge on any atom is -0.421 e. The molecule has 28 heavy (non-hydrogen) atoms. The molecule has 9 heteroatoms. The molecule has 0 saturated carbocycles. The SMILES string of the molecule is COCc1nnc(C2CC3(CCN(C(=O)c4cc(C)n(C)n4)CC3)CN2C)o1. The molecular formula is C19H28N6O3. The van der Waals surface area contributed by atoms with E-state index in [4.69, 9.17) is 9.15 Å². The summed E-state index contributed by atoms with van der Waals surface area (Å²) in [5.41, 5.74) is 1.71. The van der Waals surface area contributed by atoms with Gasteiger partial charge in [-0.15, -0.1) is 10.2 Å². The molecular weight excluding hydrogens is 360 g/mol. The molecule has 2 fully saturated rings. The number of nitrogens with zero attached hydrogens (tertiary/aromatic N) is 6. The molecule has 4 rings (SSSR count). The van der Waals surface area contributed by atoms with Crippen LogP contribution in [0.5, 0.6) is 0 Å². The number of aromatic nitrogens is 4. The highest BCUT2D eigenvalue weighted by Gasteiger charge is 2.47. The van der Waals surface area contributed by atoms with Crippen LogP contribution in [0.15, 0.2) is 10.5 Å². The highest BCUT2D eigenvalue weighted by atomic mass is 16.5. The summed E-state index contributed by atoms with van der Waals surface area (Å²) < 4.78 is 12.6. The van der Waals surface area contributed by atoms with Gasteiger partial charge in [-0.1, -0.05) is 0 Å². The van der Waals surface area contributed by atoms with Crippen LogP contribution in [0, 0.1) is 12.3 Å². The van der Waals surface area contributed by atoms with Crippen molar-refractivity contribution in [1.29, 1.82) is 0 Å². The maximum absolute atomic E-state index is 12.8. The second-order valence-electron chi connectivity index (χ2n) is 8.19. The molecule has 1 amide bonds. The highest BCUT2D eigenvalue weighted by Crippen LogP contribution is 2.48. The Morgan fingerprint density at radius 1 is 1.32 bits per heavy atom. The normalized spacial score (nSPS) is 22.3. The van der Waals surface area contributed by atoms with E-state index >= 15 is 0 Å². The van der Waals surface area contributed by atoms with Gasteiger partial charge in [0, 0.05) is 39.5 Å². The molecule has 0 radical (unpaired) electrons. The van der Waals surface area contributed by atoms with E-state index in [1.807, 2.05) is 24.9 Å². The number of piperidine rings is 1. The second kappa shape index (κ2) is 7.29. The van der Waals surface area contributed by atoms with Gasteiger partial charge in [-0.2, -0.15) is 5.10 Å². The van der Waals surface area contributed by atoms with E-state index in [9.17, 15) is 4.79 Å². The Kier molecular flexibility index (Phi) is 4.96. The number of carbonyl (C=O) groups is 1.